The normalized spacial score (nSPS) is 21.6. The molecule has 3 aromatic rings. The topological polar surface area (TPSA) is 85.9 Å². The van der Waals surface area contributed by atoms with Gasteiger partial charge in [-0.15, -0.1) is 22.7 Å². The molecule has 2 aliphatic heterocycles. The standard InChI is InChI=1S/C18H20N6O2S2/c1-12-20-13(9-28-12)7-24-17(26)16(25)23-11-18(6-14(23)21-24)2-4-22(10-18)8-15-19-3-5-27-15/h3,5,9H,2,4,6-8,10-11H2,1H3/t18-/m0/s1. The van der Waals surface area contributed by atoms with Gasteiger partial charge in [0.25, 0.3) is 0 Å². The Morgan fingerprint density at radius 3 is 2.82 bits per heavy atom. The Bertz CT molecular complexity index is 1130. The molecule has 146 valence electrons. The van der Waals surface area contributed by atoms with Crippen molar-refractivity contribution >= 4 is 22.7 Å². The van der Waals surface area contributed by atoms with Crippen LogP contribution in [0.15, 0.2) is 26.5 Å². The lowest BCUT2D eigenvalue weighted by molar-refractivity contribution is 0.246. The van der Waals surface area contributed by atoms with Crippen molar-refractivity contribution in [2.24, 2.45) is 5.41 Å². The van der Waals surface area contributed by atoms with Crippen molar-refractivity contribution in [1.29, 1.82) is 0 Å². The van der Waals surface area contributed by atoms with Crippen molar-refractivity contribution in [3.63, 3.8) is 0 Å². The number of hydrogen-bond acceptors (Lipinski definition) is 8. The molecule has 5 rings (SSSR count). The molecule has 0 unspecified atom stereocenters. The number of nitrogens with zero attached hydrogens (tertiary/aromatic N) is 6. The van der Waals surface area contributed by atoms with E-state index in [4.69, 9.17) is 0 Å². The maximum Gasteiger partial charge on any atom is 0.332 e. The number of thiazole rings is 2. The fourth-order valence-electron chi connectivity index (χ4n) is 4.30. The van der Waals surface area contributed by atoms with E-state index in [0.717, 1.165) is 48.2 Å². The highest BCUT2D eigenvalue weighted by atomic mass is 32.1. The third-order valence-corrected chi connectivity index (χ3v) is 7.16. The van der Waals surface area contributed by atoms with Crippen molar-refractivity contribution in [3.8, 4) is 0 Å². The van der Waals surface area contributed by atoms with Gasteiger partial charge in [-0.2, -0.15) is 5.10 Å². The van der Waals surface area contributed by atoms with Gasteiger partial charge < -0.3 is 0 Å². The Balaban J connectivity index is 1.38. The molecule has 1 fully saturated rings. The summed E-state index contributed by atoms with van der Waals surface area (Å²) < 4.78 is 2.88. The molecule has 2 aliphatic rings. The third-order valence-electron chi connectivity index (χ3n) is 5.57. The van der Waals surface area contributed by atoms with Crippen molar-refractivity contribution in [3.05, 3.63) is 59.2 Å². The molecule has 0 saturated carbocycles. The van der Waals surface area contributed by atoms with Gasteiger partial charge in [0.2, 0.25) is 0 Å². The second-order valence-electron chi connectivity index (χ2n) is 7.69. The Morgan fingerprint density at radius 2 is 2.07 bits per heavy atom. The van der Waals surface area contributed by atoms with Crippen LogP contribution < -0.4 is 11.1 Å². The van der Waals surface area contributed by atoms with Crippen LogP contribution >= 0.6 is 22.7 Å². The predicted molar refractivity (Wildman–Crippen MR) is 107 cm³/mol. The first kappa shape index (κ1) is 17.9. The maximum atomic E-state index is 12.7. The van der Waals surface area contributed by atoms with Crippen LogP contribution in [0.1, 0.15) is 28.0 Å². The van der Waals surface area contributed by atoms with E-state index in [1.165, 1.54) is 16.0 Å². The Hall–Kier alpha value is -2.17. The maximum absolute atomic E-state index is 12.7. The fraction of sp³-hybridized carbons (Fsp3) is 0.500. The fourth-order valence-corrected chi connectivity index (χ4v) is 5.56. The molecule has 8 nitrogen and oxygen atoms in total. The van der Waals surface area contributed by atoms with Crippen molar-refractivity contribution in [2.45, 2.75) is 39.4 Å². The van der Waals surface area contributed by atoms with Crippen molar-refractivity contribution in [1.82, 2.24) is 29.2 Å². The largest absolute Gasteiger partial charge is 0.332 e. The van der Waals surface area contributed by atoms with Crippen LogP contribution in [0.2, 0.25) is 0 Å². The zero-order chi connectivity index (χ0) is 19.3. The number of aromatic nitrogens is 5. The lowest BCUT2D eigenvalue weighted by atomic mass is 9.86. The van der Waals surface area contributed by atoms with E-state index in [1.807, 2.05) is 23.9 Å². The molecule has 1 saturated heterocycles. The summed E-state index contributed by atoms with van der Waals surface area (Å²) in [6, 6.07) is 0. The minimum Gasteiger partial charge on any atom is -0.296 e. The van der Waals surface area contributed by atoms with Gasteiger partial charge in [-0.25, -0.2) is 14.6 Å². The summed E-state index contributed by atoms with van der Waals surface area (Å²) >= 11 is 3.20. The van der Waals surface area contributed by atoms with Crippen LogP contribution in [0.4, 0.5) is 0 Å². The van der Waals surface area contributed by atoms with Gasteiger partial charge in [0, 0.05) is 41.9 Å². The molecule has 0 aromatic carbocycles. The molecule has 5 heterocycles. The summed E-state index contributed by atoms with van der Waals surface area (Å²) in [5.41, 5.74) is -0.278. The zero-order valence-electron chi connectivity index (χ0n) is 15.5. The average molecular weight is 417 g/mol. The van der Waals surface area contributed by atoms with E-state index in [1.54, 1.807) is 15.9 Å². The van der Waals surface area contributed by atoms with E-state index >= 15 is 0 Å². The third kappa shape index (κ3) is 3.15. The van der Waals surface area contributed by atoms with Gasteiger partial charge >= 0.3 is 11.1 Å². The Labute approximate surface area is 169 Å². The van der Waals surface area contributed by atoms with Gasteiger partial charge in [0.05, 0.1) is 23.8 Å². The molecule has 3 aromatic heterocycles. The average Bonchev–Trinajstić information content (AvgIpc) is 3.44. The number of hydrogen-bond donors (Lipinski definition) is 0. The van der Waals surface area contributed by atoms with Crippen LogP contribution in [0, 0.1) is 12.3 Å². The van der Waals surface area contributed by atoms with E-state index < -0.39 is 11.1 Å². The van der Waals surface area contributed by atoms with Gasteiger partial charge in [0.15, 0.2) is 0 Å². The van der Waals surface area contributed by atoms with E-state index in [2.05, 4.69) is 20.0 Å². The highest BCUT2D eigenvalue weighted by molar-refractivity contribution is 7.09. The summed E-state index contributed by atoms with van der Waals surface area (Å²) in [5.74, 6) is 0.715. The smallest absolute Gasteiger partial charge is 0.296 e. The molecule has 1 spiro atoms. The SMILES string of the molecule is Cc1nc(Cn2nc3n(c(=O)c2=O)C[C@@]2(CCN(Cc4nccs4)C2)C3)cs1. The predicted octanol–water partition coefficient (Wildman–Crippen LogP) is 1.12. The van der Waals surface area contributed by atoms with Crippen LogP contribution in [0.3, 0.4) is 0 Å². The molecule has 0 radical (unpaired) electrons. The number of likely N-dealkylation sites (tertiary alicyclic amines) is 1. The number of aryl methyl sites for hydroxylation is 1. The molecule has 0 amide bonds. The van der Waals surface area contributed by atoms with Crippen LogP contribution in [-0.2, 0) is 26.1 Å². The van der Waals surface area contributed by atoms with E-state index in [0.29, 0.717) is 12.4 Å². The molecular weight excluding hydrogens is 396 g/mol. The van der Waals surface area contributed by atoms with E-state index in [-0.39, 0.29) is 12.0 Å². The Morgan fingerprint density at radius 1 is 1.18 bits per heavy atom. The summed E-state index contributed by atoms with van der Waals surface area (Å²) in [6.07, 6.45) is 3.56. The van der Waals surface area contributed by atoms with Crippen molar-refractivity contribution in [2.75, 3.05) is 13.1 Å². The monoisotopic (exact) mass is 416 g/mol. The zero-order valence-corrected chi connectivity index (χ0v) is 17.1. The van der Waals surface area contributed by atoms with Gasteiger partial charge in [-0.05, 0) is 19.9 Å². The lowest BCUT2D eigenvalue weighted by Crippen LogP contribution is -2.43. The van der Waals surface area contributed by atoms with Crippen LogP contribution in [0.25, 0.3) is 0 Å². The molecule has 0 N–H and O–H groups in total. The molecule has 0 aliphatic carbocycles. The van der Waals surface area contributed by atoms with E-state index in [9.17, 15) is 9.59 Å². The van der Waals surface area contributed by atoms with Crippen LogP contribution in [0.5, 0.6) is 0 Å². The van der Waals surface area contributed by atoms with Crippen LogP contribution in [-0.4, -0.2) is 42.3 Å². The number of fused-ring (bicyclic) bond motifs is 1. The summed E-state index contributed by atoms with van der Waals surface area (Å²) in [7, 11) is 0. The van der Waals surface area contributed by atoms with Gasteiger partial charge in [-0.3, -0.25) is 19.1 Å². The minimum absolute atomic E-state index is 0.0146. The molecule has 28 heavy (non-hydrogen) atoms. The molecule has 10 heteroatoms. The Kier molecular flexibility index (Phi) is 4.29. The summed E-state index contributed by atoms with van der Waals surface area (Å²) in [4.78, 5) is 36.4. The first-order valence-corrected chi connectivity index (χ1v) is 11.0. The second-order valence-corrected chi connectivity index (χ2v) is 9.73. The highest BCUT2D eigenvalue weighted by Crippen LogP contribution is 2.39. The quantitative estimate of drug-likeness (QED) is 0.593. The van der Waals surface area contributed by atoms with Gasteiger partial charge in [0.1, 0.15) is 10.8 Å². The second kappa shape index (κ2) is 6.71. The number of rotatable bonds is 4. The minimum atomic E-state index is -0.566. The van der Waals surface area contributed by atoms with Gasteiger partial charge in [-0.1, -0.05) is 0 Å². The molecule has 0 bridgehead atoms. The molecular formula is C18H20N6O2S2. The first-order valence-electron chi connectivity index (χ1n) is 9.24. The summed E-state index contributed by atoms with van der Waals surface area (Å²) in [5, 5.41) is 10.5. The highest BCUT2D eigenvalue weighted by Gasteiger charge is 2.44. The molecule has 1 atom stereocenters. The first-order chi connectivity index (χ1) is 13.5. The summed E-state index contributed by atoms with van der Waals surface area (Å²) in [6.45, 7) is 5.46. The lowest BCUT2D eigenvalue weighted by Gasteiger charge is -2.22. The van der Waals surface area contributed by atoms with Crippen molar-refractivity contribution < 1.29 is 0 Å².